The van der Waals surface area contributed by atoms with E-state index in [1.807, 2.05) is 42.7 Å². The number of ether oxygens (including phenoxy) is 1. The number of thioether (sulfide) groups is 1. The Bertz CT molecular complexity index is 641. The predicted octanol–water partition coefficient (Wildman–Crippen LogP) is 2.37. The number of rotatable bonds is 3. The molecule has 1 aromatic carbocycles. The molecule has 1 aliphatic rings. The van der Waals surface area contributed by atoms with Crippen molar-refractivity contribution < 1.29 is 9.53 Å². The highest BCUT2D eigenvalue weighted by Crippen LogP contribution is 2.32. The zero-order chi connectivity index (χ0) is 14.1. The van der Waals surface area contributed by atoms with E-state index in [1.165, 1.54) is 11.8 Å². The molecule has 1 saturated heterocycles. The van der Waals surface area contributed by atoms with Crippen LogP contribution in [0.5, 0.6) is 0 Å². The first-order chi connectivity index (χ1) is 9.65. The Hall–Kier alpha value is -1.82. The second-order valence-electron chi connectivity index (χ2n) is 4.86. The van der Waals surface area contributed by atoms with Gasteiger partial charge >= 0.3 is 5.97 Å². The van der Waals surface area contributed by atoms with Crippen LogP contribution >= 0.6 is 11.8 Å². The molecular formula is C14H15N3O2S. The van der Waals surface area contributed by atoms with Gasteiger partial charge in [-0.05, 0) is 25.5 Å². The van der Waals surface area contributed by atoms with E-state index in [2.05, 4.69) is 10.2 Å². The highest BCUT2D eigenvalue weighted by Gasteiger charge is 2.34. The third-order valence-electron chi connectivity index (χ3n) is 3.27. The first kappa shape index (κ1) is 13.2. The Balaban J connectivity index is 1.88. The lowest BCUT2D eigenvalue weighted by atomic mass is 10.2. The smallest absolute Gasteiger partial charge is 0.319 e. The van der Waals surface area contributed by atoms with E-state index in [0.717, 1.165) is 16.4 Å². The average molecular weight is 289 g/mol. The van der Waals surface area contributed by atoms with Crippen LogP contribution in [0.25, 0.3) is 5.69 Å². The molecule has 6 heteroatoms. The minimum Gasteiger partial charge on any atom is -0.462 e. The van der Waals surface area contributed by atoms with Crippen LogP contribution in [0.1, 0.15) is 18.9 Å². The summed E-state index contributed by atoms with van der Waals surface area (Å²) >= 11 is 1.41. The predicted molar refractivity (Wildman–Crippen MR) is 75.9 cm³/mol. The van der Waals surface area contributed by atoms with Gasteiger partial charge in [-0.25, -0.2) is 0 Å². The molecule has 5 nitrogen and oxygen atoms in total. The quantitative estimate of drug-likeness (QED) is 0.812. The highest BCUT2D eigenvalue weighted by atomic mass is 32.2. The summed E-state index contributed by atoms with van der Waals surface area (Å²) in [6.07, 6.45) is 2.37. The molecule has 2 aromatic rings. The molecule has 3 rings (SSSR count). The molecule has 0 aliphatic carbocycles. The molecule has 0 amide bonds. The van der Waals surface area contributed by atoms with Crippen LogP contribution in [0, 0.1) is 6.92 Å². The molecule has 20 heavy (non-hydrogen) atoms. The number of hydrogen-bond donors (Lipinski definition) is 0. The van der Waals surface area contributed by atoms with Gasteiger partial charge in [-0.15, -0.1) is 10.2 Å². The Morgan fingerprint density at radius 2 is 2.20 bits per heavy atom. The van der Waals surface area contributed by atoms with Crippen molar-refractivity contribution in [2.24, 2.45) is 0 Å². The lowest BCUT2D eigenvalue weighted by molar-refractivity contribution is -0.140. The first-order valence-corrected chi connectivity index (χ1v) is 7.36. The fourth-order valence-corrected chi connectivity index (χ4v) is 3.37. The summed E-state index contributed by atoms with van der Waals surface area (Å²) < 4.78 is 7.09. The van der Waals surface area contributed by atoms with Crippen LogP contribution in [0.15, 0.2) is 35.7 Å². The Kier molecular flexibility index (Phi) is 3.48. The highest BCUT2D eigenvalue weighted by molar-refractivity contribution is 8.00. The van der Waals surface area contributed by atoms with Crippen LogP contribution in [0.4, 0.5) is 0 Å². The number of cyclic esters (lactones) is 1. The van der Waals surface area contributed by atoms with Crippen molar-refractivity contribution in [3.8, 4) is 5.69 Å². The zero-order valence-electron chi connectivity index (χ0n) is 11.3. The summed E-state index contributed by atoms with van der Waals surface area (Å²) in [7, 11) is 0. The lowest BCUT2D eigenvalue weighted by Crippen LogP contribution is -2.11. The number of esters is 1. The number of hydrogen-bond acceptors (Lipinski definition) is 5. The lowest BCUT2D eigenvalue weighted by Gasteiger charge is -2.10. The van der Waals surface area contributed by atoms with Gasteiger partial charge in [0.05, 0.1) is 5.69 Å². The molecule has 0 spiro atoms. The zero-order valence-corrected chi connectivity index (χ0v) is 12.1. The van der Waals surface area contributed by atoms with Crippen molar-refractivity contribution in [1.29, 1.82) is 0 Å². The number of carbonyl (C=O) groups excluding carboxylic acids is 1. The molecule has 2 unspecified atom stereocenters. The number of nitrogens with zero attached hydrogens (tertiary/aromatic N) is 3. The monoisotopic (exact) mass is 289 g/mol. The maximum Gasteiger partial charge on any atom is 0.319 e. The number of aromatic nitrogens is 3. The molecule has 2 heterocycles. The molecule has 1 aromatic heterocycles. The van der Waals surface area contributed by atoms with Gasteiger partial charge in [0.1, 0.15) is 17.7 Å². The van der Waals surface area contributed by atoms with E-state index < -0.39 is 0 Å². The fourth-order valence-electron chi connectivity index (χ4n) is 2.25. The molecule has 0 saturated carbocycles. The van der Waals surface area contributed by atoms with E-state index in [-0.39, 0.29) is 17.3 Å². The van der Waals surface area contributed by atoms with Crippen molar-refractivity contribution in [3.05, 3.63) is 36.2 Å². The molecule has 0 bridgehead atoms. The standard InChI is InChI=1S/C14H15N3O2S/c1-9-5-3-4-6-11(9)17-8-15-16-14(17)20-12-7-10(2)19-13(12)18/h3-6,8,10,12H,7H2,1-2H3. The molecule has 104 valence electrons. The van der Waals surface area contributed by atoms with Gasteiger partial charge in [-0.2, -0.15) is 0 Å². The van der Waals surface area contributed by atoms with E-state index in [1.54, 1.807) is 6.33 Å². The SMILES string of the molecule is Cc1ccccc1-n1cnnc1SC1CC(C)OC1=O. The van der Waals surface area contributed by atoms with Crippen molar-refractivity contribution in [2.75, 3.05) is 0 Å². The Labute approximate surface area is 121 Å². The van der Waals surface area contributed by atoms with Crippen LogP contribution < -0.4 is 0 Å². The topological polar surface area (TPSA) is 57.0 Å². The summed E-state index contributed by atoms with van der Waals surface area (Å²) in [6.45, 7) is 3.94. The van der Waals surface area contributed by atoms with Gasteiger partial charge in [0.25, 0.3) is 0 Å². The number of para-hydroxylation sites is 1. The van der Waals surface area contributed by atoms with Gasteiger partial charge < -0.3 is 4.74 Å². The van der Waals surface area contributed by atoms with Gasteiger partial charge in [0.15, 0.2) is 5.16 Å². The van der Waals surface area contributed by atoms with Crippen LogP contribution in [0.3, 0.4) is 0 Å². The van der Waals surface area contributed by atoms with Crippen molar-refractivity contribution in [1.82, 2.24) is 14.8 Å². The molecule has 1 fully saturated rings. The molecule has 0 radical (unpaired) electrons. The van der Waals surface area contributed by atoms with E-state index in [9.17, 15) is 4.79 Å². The maximum atomic E-state index is 11.7. The van der Waals surface area contributed by atoms with E-state index in [4.69, 9.17) is 4.74 Å². The summed E-state index contributed by atoms with van der Waals surface area (Å²) in [4.78, 5) is 11.7. The molecule has 1 aliphatic heterocycles. The second kappa shape index (κ2) is 5.28. The maximum absolute atomic E-state index is 11.7. The van der Waals surface area contributed by atoms with Crippen LogP contribution in [-0.4, -0.2) is 32.1 Å². The Morgan fingerprint density at radius 1 is 1.40 bits per heavy atom. The number of benzene rings is 1. The van der Waals surface area contributed by atoms with Crippen molar-refractivity contribution >= 4 is 17.7 Å². The summed E-state index contributed by atoms with van der Waals surface area (Å²) in [6, 6.07) is 8.02. The summed E-state index contributed by atoms with van der Waals surface area (Å²) in [5, 5.41) is 8.61. The van der Waals surface area contributed by atoms with Gasteiger partial charge in [-0.1, -0.05) is 30.0 Å². The first-order valence-electron chi connectivity index (χ1n) is 6.48. The summed E-state index contributed by atoms with van der Waals surface area (Å²) in [5.41, 5.74) is 2.16. The Morgan fingerprint density at radius 3 is 2.90 bits per heavy atom. The molecular weight excluding hydrogens is 274 g/mol. The number of aryl methyl sites for hydroxylation is 1. The summed E-state index contributed by atoms with van der Waals surface area (Å²) in [5.74, 6) is -0.165. The normalized spacial score (nSPS) is 22.0. The third-order valence-corrected chi connectivity index (χ3v) is 4.42. The van der Waals surface area contributed by atoms with Gasteiger partial charge in [0.2, 0.25) is 0 Å². The van der Waals surface area contributed by atoms with Crippen LogP contribution in [0.2, 0.25) is 0 Å². The van der Waals surface area contributed by atoms with Crippen molar-refractivity contribution in [3.63, 3.8) is 0 Å². The molecule has 0 N–H and O–H groups in total. The fraction of sp³-hybridized carbons (Fsp3) is 0.357. The molecule has 2 atom stereocenters. The van der Waals surface area contributed by atoms with Gasteiger partial charge in [0, 0.05) is 6.42 Å². The van der Waals surface area contributed by atoms with Gasteiger partial charge in [-0.3, -0.25) is 9.36 Å². The largest absolute Gasteiger partial charge is 0.462 e. The number of carbonyl (C=O) groups is 1. The minimum atomic E-state index is -0.197. The minimum absolute atomic E-state index is 0.0187. The van der Waals surface area contributed by atoms with Crippen molar-refractivity contribution in [2.45, 2.75) is 36.8 Å². The third kappa shape index (κ3) is 2.43. The van der Waals surface area contributed by atoms with E-state index in [0.29, 0.717) is 6.42 Å². The average Bonchev–Trinajstić information content (AvgIpc) is 2.98. The second-order valence-corrected chi connectivity index (χ2v) is 6.03. The van der Waals surface area contributed by atoms with E-state index >= 15 is 0 Å². The van der Waals surface area contributed by atoms with Crippen LogP contribution in [-0.2, 0) is 9.53 Å².